The molecule has 1 aromatic carbocycles. The number of likely N-dealkylation sites (tertiary alicyclic amines) is 1. The predicted octanol–water partition coefficient (Wildman–Crippen LogP) is 4.12. The van der Waals surface area contributed by atoms with E-state index in [0.717, 1.165) is 55.2 Å². The van der Waals surface area contributed by atoms with Crippen LogP contribution in [0.25, 0.3) is 11.4 Å². The van der Waals surface area contributed by atoms with Gasteiger partial charge in [-0.2, -0.15) is 16.7 Å². The van der Waals surface area contributed by atoms with Crippen LogP contribution in [0.1, 0.15) is 30.9 Å². The first kappa shape index (κ1) is 22.5. The topological polar surface area (TPSA) is 84.4 Å². The van der Waals surface area contributed by atoms with Crippen molar-refractivity contribution in [3.8, 4) is 11.4 Å². The molecule has 0 radical (unpaired) electrons. The van der Waals surface area contributed by atoms with Crippen molar-refractivity contribution >= 4 is 17.7 Å². The van der Waals surface area contributed by atoms with Crippen molar-refractivity contribution in [2.45, 2.75) is 31.6 Å². The van der Waals surface area contributed by atoms with E-state index >= 15 is 0 Å². The van der Waals surface area contributed by atoms with E-state index < -0.39 is 0 Å². The fraction of sp³-hybridized carbons (Fsp3) is 0.435. The third kappa shape index (κ3) is 6.43. The number of thioether (sulfide) groups is 1. The van der Waals surface area contributed by atoms with Gasteiger partial charge in [-0.1, -0.05) is 5.16 Å². The zero-order valence-corrected chi connectivity index (χ0v) is 18.7. The number of hydrogen-bond acceptors (Lipinski definition) is 7. The van der Waals surface area contributed by atoms with E-state index in [1.165, 1.54) is 12.1 Å². The summed E-state index contributed by atoms with van der Waals surface area (Å²) in [5.41, 5.74) is 0.719. The fourth-order valence-corrected chi connectivity index (χ4v) is 4.54. The molecule has 1 N–H and O–H groups in total. The van der Waals surface area contributed by atoms with Gasteiger partial charge in [-0.15, -0.1) is 0 Å². The molecule has 1 fully saturated rings. The Balaban J connectivity index is 1.12. The molecule has 1 amide bonds. The molecule has 0 saturated carbocycles. The third-order valence-corrected chi connectivity index (χ3v) is 6.54. The summed E-state index contributed by atoms with van der Waals surface area (Å²) in [7, 11) is 0. The number of nitrogens with zero attached hydrogens (tertiary/aromatic N) is 3. The first-order valence-corrected chi connectivity index (χ1v) is 12.0. The Hall–Kier alpha value is -2.65. The molecular formula is C23H27FN4O3S. The number of amides is 1. The molecule has 0 spiro atoms. The smallest absolute Gasteiger partial charge is 0.241 e. The molecule has 0 unspecified atom stereocenters. The molecule has 32 heavy (non-hydrogen) atoms. The number of halogens is 1. The summed E-state index contributed by atoms with van der Waals surface area (Å²) in [5.74, 6) is 3.73. The second-order valence-corrected chi connectivity index (χ2v) is 8.95. The predicted molar refractivity (Wildman–Crippen MR) is 120 cm³/mol. The van der Waals surface area contributed by atoms with Gasteiger partial charge >= 0.3 is 0 Å². The van der Waals surface area contributed by atoms with Gasteiger partial charge in [-0.3, -0.25) is 9.69 Å². The third-order valence-electron chi connectivity index (χ3n) is 5.48. The highest BCUT2D eigenvalue weighted by atomic mass is 32.2. The van der Waals surface area contributed by atoms with E-state index in [1.807, 2.05) is 23.9 Å². The minimum absolute atomic E-state index is 0.0551. The second-order valence-electron chi connectivity index (χ2n) is 7.85. The Morgan fingerprint density at radius 3 is 2.78 bits per heavy atom. The van der Waals surface area contributed by atoms with E-state index in [4.69, 9.17) is 8.94 Å². The van der Waals surface area contributed by atoms with Crippen LogP contribution < -0.4 is 5.32 Å². The molecule has 9 heteroatoms. The molecule has 0 aliphatic carbocycles. The lowest BCUT2D eigenvalue weighted by molar-refractivity contribution is -0.126. The SMILES string of the molecule is O=C(NCCCSCc1ccco1)C1CCN(Cc2nc(-c3ccc(F)cc3)no2)CC1. The molecule has 1 aliphatic rings. The summed E-state index contributed by atoms with van der Waals surface area (Å²) >= 11 is 1.81. The summed E-state index contributed by atoms with van der Waals surface area (Å²) < 4.78 is 23.7. The van der Waals surface area contributed by atoms with Gasteiger partial charge in [0, 0.05) is 18.0 Å². The van der Waals surface area contributed by atoms with Crippen LogP contribution in [0, 0.1) is 11.7 Å². The van der Waals surface area contributed by atoms with Gasteiger partial charge in [0.2, 0.25) is 17.6 Å². The maximum absolute atomic E-state index is 13.1. The zero-order valence-electron chi connectivity index (χ0n) is 17.8. The molecule has 3 heterocycles. The van der Waals surface area contributed by atoms with Crippen molar-refractivity contribution in [3.05, 3.63) is 60.1 Å². The van der Waals surface area contributed by atoms with Crippen LogP contribution in [-0.4, -0.2) is 46.3 Å². The molecule has 0 bridgehead atoms. The van der Waals surface area contributed by atoms with E-state index in [-0.39, 0.29) is 17.6 Å². The van der Waals surface area contributed by atoms with Crippen LogP contribution in [0.4, 0.5) is 4.39 Å². The van der Waals surface area contributed by atoms with Crippen LogP contribution in [-0.2, 0) is 17.1 Å². The van der Waals surface area contributed by atoms with E-state index in [0.29, 0.717) is 24.8 Å². The standard InChI is InChI=1S/C23H27FN4O3S/c24-19-6-4-17(5-7-19)22-26-21(31-27-22)15-28-11-8-18(9-12-28)23(29)25-10-2-14-32-16-20-3-1-13-30-20/h1,3-7,13,18H,2,8-12,14-16H2,(H,25,29). The van der Waals surface area contributed by atoms with Crippen LogP contribution in [0.15, 0.2) is 51.6 Å². The van der Waals surface area contributed by atoms with Crippen molar-refractivity contribution in [2.75, 3.05) is 25.4 Å². The van der Waals surface area contributed by atoms with Crippen molar-refractivity contribution in [2.24, 2.45) is 5.92 Å². The average Bonchev–Trinajstić information content (AvgIpc) is 3.49. The number of rotatable bonds is 10. The first-order valence-electron chi connectivity index (χ1n) is 10.9. The van der Waals surface area contributed by atoms with E-state index in [2.05, 4.69) is 20.4 Å². The number of nitrogens with one attached hydrogen (secondary N) is 1. The quantitative estimate of drug-likeness (QED) is 0.458. The zero-order chi connectivity index (χ0) is 22.2. The van der Waals surface area contributed by atoms with Gasteiger partial charge < -0.3 is 14.3 Å². The number of furan rings is 1. The van der Waals surface area contributed by atoms with Crippen molar-refractivity contribution in [3.63, 3.8) is 0 Å². The van der Waals surface area contributed by atoms with Gasteiger partial charge in [0.15, 0.2) is 0 Å². The maximum Gasteiger partial charge on any atom is 0.241 e. The molecule has 2 aromatic heterocycles. The summed E-state index contributed by atoms with van der Waals surface area (Å²) in [6.07, 6.45) is 4.27. The highest BCUT2D eigenvalue weighted by molar-refractivity contribution is 7.98. The van der Waals surface area contributed by atoms with Crippen molar-refractivity contribution in [1.82, 2.24) is 20.4 Å². The fourth-order valence-electron chi connectivity index (χ4n) is 3.68. The lowest BCUT2D eigenvalue weighted by atomic mass is 9.96. The second kappa shape index (κ2) is 11.3. The highest BCUT2D eigenvalue weighted by Gasteiger charge is 2.25. The maximum atomic E-state index is 13.1. The Labute approximate surface area is 190 Å². The van der Waals surface area contributed by atoms with Crippen LogP contribution in [0.3, 0.4) is 0 Å². The number of carbonyl (C=O) groups is 1. The highest BCUT2D eigenvalue weighted by Crippen LogP contribution is 2.21. The average molecular weight is 459 g/mol. The Bertz CT molecular complexity index is 970. The van der Waals surface area contributed by atoms with E-state index in [9.17, 15) is 9.18 Å². The molecule has 1 saturated heterocycles. The Morgan fingerprint density at radius 1 is 1.22 bits per heavy atom. The number of hydrogen-bond donors (Lipinski definition) is 1. The molecule has 7 nitrogen and oxygen atoms in total. The molecule has 170 valence electrons. The number of carbonyl (C=O) groups excluding carboxylic acids is 1. The van der Waals surface area contributed by atoms with Crippen molar-refractivity contribution < 1.29 is 18.1 Å². The summed E-state index contributed by atoms with van der Waals surface area (Å²) in [6.45, 7) is 2.88. The minimum atomic E-state index is -0.298. The lowest BCUT2D eigenvalue weighted by Crippen LogP contribution is -2.40. The van der Waals surface area contributed by atoms with Gasteiger partial charge in [-0.05, 0) is 74.5 Å². The molecular weight excluding hydrogens is 431 g/mol. The summed E-state index contributed by atoms with van der Waals surface area (Å²) in [6, 6.07) is 9.89. The monoisotopic (exact) mass is 458 g/mol. The number of piperidine rings is 1. The van der Waals surface area contributed by atoms with Crippen LogP contribution in [0.5, 0.6) is 0 Å². The van der Waals surface area contributed by atoms with Crippen LogP contribution in [0.2, 0.25) is 0 Å². The van der Waals surface area contributed by atoms with Gasteiger partial charge in [0.25, 0.3) is 0 Å². The molecule has 0 atom stereocenters. The Morgan fingerprint density at radius 2 is 2.03 bits per heavy atom. The lowest BCUT2D eigenvalue weighted by Gasteiger charge is -2.30. The largest absolute Gasteiger partial charge is 0.468 e. The molecule has 1 aliphatic heterocycles. The van der Waals surface area contributed by atoms with Crippen molar-refractivity contribution in [1.29, 1.82) is 0 Å². The van der Waals surface area contributed by atoms with Crippen LogP contribution >= 0.6 is 11.8 Å². The minimum Gasteiger partial charge on any atom is -0.468 e. The summed E-state index contributed by atoms with van der Waals surface area (Å²) in [4.78, 5) is 19.1. The first-order chi connectivity index (χ1) is 15.7. The normalized spacial score (nSPS) is 15.2. The van der Waals surface area contributed by atoms with Gasteiger partial charge in [-0.25, -0.2) is 4.39 Å². The van der Waals surface area contributed by atoms with E-state index in [1.54, 1.807) is 18.4 Å². The van der Waals surface area contributed by atoms with Gasteiger partial charge in [0.05, 0.1) is 18.6 Å². The molecule has 3 aromatic rings. The number of aromatic nitrogens is 2. The summed E-state index contributed by atoms with van der Waals surface area (Å²) in [5, 5.41) is 7.06. The molecule has 4 rings (SSSR count). The number of benzene rings is 1. The Kier molecular flexibility index (Phi) is 7.95. The van der Waals surface area contributed by atoms with Gasteiger partial charge in [0.1, 0.15) is 11.6 Å².